The molecule has 0 heterocycles. The molecule has 10 heavy (non-hydrogen) atoms. The molecule has 0 amide bonds. The van der Waals surface area contributed by atoms with Crippen molar-refractivity contribution >= 4 is 18.0 Å². The summed E-state index contributed by atoms with van der Waals surface area (Å²) < 4.78 is 25.5. The van der Waals surface area contributed by atoms with Crippen molar-refractivity contribution in [1.82, 2.24) is 0 Å². The summed E-state index contributed by atoms with van der Waals surface area (Å²) in [4.78, 5) is 0. The molecule has 0 rings (SSSR count). The van der Waals surface area contributed by atoms with Crippen LogP contribution in [0.1, 0.15) is 20.3 Å². The molecule has 0 aromatic carbocycles. The van der Waals surface area contributed by atoms with Gasteiger partial charge in [0.25, 0.3) is 10.1 Å². The number of hydrogen-bond donors (Lipinski definition) is 0. The molecule has 0 aliphatic heterocycles. The summed E-state index contributed by atoms with van der Waals surface area (Å²) in [6.07, 6.45) is 1.44. The van der Waals surface area contributed by atoms with Crippen LogP contribution in [0, 0.1) is 0 Å². The molecule has 1 unspecified atom stereocenters. The monoisotopic (exact) mass is 162 g/mol. The Morgan fingerprint density at radius 2 is 2.00 bits per heavy atom. The van der Waals surface area contributed by atoms with Crippen molar-refractivity contribution in [2.24, 2.45) is 0 Å². The zero-order valence-corrected chi connectivity index (χ0v) is 7.23. The van der Waals surface area contributed by atoms with Crippen LogP contribution >= 0.6 is 0 Å². The minimum atomic E-state index is -3.42. The first-order valence-corrected chi connectivity index (χ1v) is 4.78. The molecular weight excluding hydrogens is 151 g/mol. The van der Waals surface area contributed by atoms with E-state index < -0.39 is 15.6 Å². The van der Waals surface area contributed by atoms with Crippen LogP contribution in [0.3, 0.4) is 0 Å². The summed E-state index contributed by atoms with van der Waals surface area (Å²) in [5, 5.41) is 0. The van der Waals surface area contributed by atoms with Crippen LogP contribution in [0.5, 0.6) is 0 Å². The quantitative estimate of drug-likeness (QED) is 0.441. The van der Waals surface area contributed by atoms with Gasteiger partial charge in [0.15, 0.2) is 0 Å². The van der Waals surface area contributed by atoms with Crippen LogP contribution in [0.25, 0.3) is 0 Å². The minimum Gasteiger partial charge on any atom is -0.274 e. The average molecular weight is 162 g/mol. The highest BCUT2D eigenvalue weighted by Crippen LogP contribution is 2.11. The van der Waals surface area contributed by atoms with Crippen LogP contribution in [0.15, 0.2) is 0 Å². The van der Waals surface area contributed by atoms with E-state index in [0.29, 0.717) is 6.42 Å². The first-order chi connectivity index (χ1) is 4.27. The predicted octanol–water partition coefficient (Wildman–Crippen LogP) is 0.257. The first-order valence-electron chi connectivity index (χ1n) is 2.96. The van der Waals surface area contributed by atoms with Gasteiger partial charge in [-0.25, -0.2) is 0 Å². The van der Waals surface area contributed by atoms with Crippen LogP contribution in [-0.2, 0) is 14.3 Å². The first kappa shape index (κ1) is 9.97. The molecule has 0 aromatic heterocycles. The van der Waals surface area contributed by atoms with Crippen molar-refractivity contribution in [3.63, 3.8) is 0 Å². The Balaban J connectivity index is 4.16. The van der Waals surface area contributed by atoms with E-state index >= 15 is 0 Å². The van der Waals surface area contributed by atoms with Crippen molar-refractivity contribution in [2.75, 3.05) is 6.26 Å². The second-order valence-electron chi connectivity index (χ2n) is 2.45. The van der Waals surface area contributed by atoms with Gasteiger partial charge in [-0.15, -0.1) is 0 Å². The Morgan fingerprint density at radius 3 is 2.10 bits per heavy atom. The van der Waals surface area contributed by atoms with Crippen LogP contribution in [-0.4, -0.2) is 28.0 Å². The minimum absolute atomic E-state index is 0.458. The zero-order valence-electron chi connectivity index (χ0n) is 6.42. The van der Waals surface area contributed by atoms with Crippen molar-refractivity contribution in [2.45, 2.75) is 25.8 Å². The molecule has 0 saturated carbocycles. The third kappa shape index (κ3) is 4.82. The molecule has 0 aliphatic carbocycles. The highest BCUT2D eigenvalue weighted by molar-refractivity contribution is 7.86. The average Bonchev–Trinajstić information content (AvgIpc) is 1.60. The molecule has 2 radical (unpaired) electrons. The van der Waals surface area contributed by atoms with E-state index in [1.807, 2.05) is 0 Å². The van der Waals surface area contributed by atoms with E-state index in [4.69, 9.17) is 7.85 Å². The molecule has 0 aromatic rings. The standard InChI is InChI=1S/C5H11BO3S/c1-4-5(2,6)9-10(3,7)8/h4H2,1-3H3. The van der Waals surface area contributed by atoms with Gasteiger partial charge in [0.05, 0.1) is 6.26 Å². The van der Waals surface area contributed by atoms with E-state index in [2.05, 4.69) is 4.18 Å². The molecule has 58 valence electrons. The van der Waals surface area contributed by atoms with Gasteiger partial charge < -0.3 is 0 Å². The molecule has 0 N–H and O–H groups in total. The van der Waals surface area contributed by atoms with E-state index in [9.17, 15) is 8.42 Å². The third-order valence-electron chi connectivity index (χ3n) is 1.04. The molecule has 1 atom stereocenters. The fourth-order valence-electron chi connectivity index (χ4n) is 0.405. The molecule has 0 saturated heterocycles. The fraction of sp³-hybridized carbons (Fsp3) is 1.00. The van der Waals surface area contributed by atoms with Crippen LogP contribution < -0.4 is 0 Å². The molecule has 0 fully saturated rings. The Hall–Kier alpha value is -0.0251. The molecule has 0 bridgehead atoms. The molecular formula is C5H11BO3S. The third-order valence-corrected chi connectivity index (χ3v) is 1.73. The van der Waals surface area contributed by atoms with Gasteiger partial charge in [-0.05, 0) is 13.3 Å². The zero-order chi connectivity index (χ0) is 8.41. The lowest BCUT2D eigenvalue weighted by atomic mass is 9.82. The van der Waals surface area contributed by atoms with Crippen molar-refractivity contribution in [1.29, 1.82) is 0 Å². The van der Waals surface area contributed by atoms with E-state index in [-0.39, 0.29) is 0 Å². The van der Waals surface area contributed by atoms with Gasteiger partial charge in [0, 0.05) is 5.50 Å². The largest absolute Gasteiger partial charge is 0.274 e. The van der Waals surface area contributed by atoms with Gasteiger partial charge in [0.1, 0.15) is 7.85 Å². The lowest BCUT2D eigenvalue weighted by molar-refractivity contribution is 0.183. The smallest absolute Gasteiger partial charge is 0.264 e. The van der Waals surface area contributed by atoms with E-state index in [0.717, 1.165) is 6.26 Å². The van der Waals surface area contributed by atoms with Crippen LogP contribution in [0.2, 0.25) is 0 Å². The molecule has 5 heteroatoms. The maximum Gasteiger partial charge on any atom is 0.264 e. The number of rotatable bonds is 3. The highest BCUT2D eigenvalue weighted by Gasteiger charge is 2.20. The van der Waals surface area contributed by atoms with E-state index in [1.54, 1.807) is 6.92 Å². The summed E-state index contributed by atoms with van der Waals surface area (Å²) >= 11 is 0. The van der Waals surface area contributed by atoms with Crippen LogP contribution in [0.4, 0.5) is 0 Å². The van der Waals surface area contributed by atoms with Gasteiger partial charge in [-0.3, -0.25) is 4.18 Å². The second kappa shape index (κ2) is 2.92. The summed E-state index contributed by atoms with van der Waals surface area (Å²) in [6, 6.07) is 0. The van der Waals surface area contributed by atoms with Gasteiger partial charge in [-0.1, -0.05) is 6.92 Å². The lowest BCUT2D eigenvalue weighted by Crippen LogP contribution is -2.30. The van der Waals surface area contributed by atoms with Gasteiger partial charge >= 0.3 is 0 Å². The summed E-state index contributed by atoms with van der Waals surface area (Å²) in [5.41, 5.74) is -1.06. The molecule has 0 aliphatic rings. The molecule has 0 spiro atoms. The predicted molar refractivity (Wildman–Crippen MR) is 40.4 cm³/mol. The summed E-state index contributed by atoms with van der Waals surface area (Å²) in [6.45, 7) is 3.28. The number of hydrogen-bond acceptors (Lipinski definition) is 3. The van der Waals surface area contributed by atoms with Crippen molar-refractivity contribution < 1.29 is 12.6 Å². The Morgan fingerprint density at radius 1 is 1.60 bits per heavy atom. The maximum atomic E-state index is 10.5. The van der Waals surface area contributed by atoms with Gasteiger partial charge in [-0.2, -0.15) is 8.42 Å². The topological polar surface area (TPSA) is 43.4 Å². The second-order valence-corrected chi connectivity index (χ2v) is 4.03. The Labute approximate surface area is 63.3 Å². The fourth-order valence-corrected chi connectivity index (χ4v) is 1.21. The molecule has 3 nitrogen and oxygen atoms in total. The van der Waals surface area contributed by atoms with Gasteiger partial charge in [0.2, 0.25) is 0 Å². The summed E-state index contributed by atoms with van der Waals surface area (Å²) in [5.74, 6) is 0. The van der Waals surface area contributed by atoms with E-state index in [1.165, 1.54) is 6.92 Å². The van der Waals surface area contributed by atoms with Crippen molar-refractivity contribution in [3.05, 3.63) is 0 Å². The Kier molecular flexibility index (Phi) is 2.92. The normalized spacial score (nSPS) is 18.3. The Bertz CT molecular complexity index is 195. The highest BCUT2D eigenvalue weighted by atomic mass is 32.2. The van der Waals surface area contributed by atoms with Crippen molar-refractivity contribution in [3.8, 4) is 0 Å². The maximum absolute atomic E-state index is 10.5. The summed E-state index contributed by atoms with van der Waals surface area (Å²) in [7, 11) is 1.98. The SMILES string of the molecule is [B]C(C)(CC)OS(C)(=O)=O. The lowest BCUT2D eigenvalue weighted by Gasteiger charge is -2.21.